The normalized spacial score (nSPS) is 11.4. The Balaban J connectivity index is 1.41. The van der Waals surface area contributed by atoms with Gasteiger partial charge in [-0.15, -0.1) is 0 Å². The van der Waals surface area contributed by atoms with Crippen LogP contribution in [0, 0.1) is 36.5 Å². The lowest BCUT2D eigenvalue weighted by Gasteiger charge is -2.17. The van der Waals surface area contributed by atoms with Gasteiger partial charge in [-0.1, -0.05) is 97.1 Å². The van der Waals surface area contributed by atoms with Gasteiger partial charge < -0.3 is 9.13 Å². The molecule has 0 fully saturated rings. The largest absolute Gasteiger partial charge is 0.309 e. The van der Waals surface area contributed by atoms with Crippen LogP contribution in [0.5, 0.6) is 0 Å². The lowest BCUT2D eigenvalue weighted by atomic mass is 9.92. The van der Waals surface area contributed by atoms with Crippen molar-refractivity contribution in [2.45, 2.75) is 13.8 Å². The van der Waals surface area contributed by atoms with Crippen LogP contribution >= 0.6 is 0 Å². The van der Waals surface area contributed by atoms with Crippen molar-refractivity contribution < 1.29 is 0 Å². The zero-order valence-electron chi connectivity index (χ0n) is 27.6. The van der Waals surface area contributed by atoms with E-state index in [9.17, 15) is 10.5 Å². The highest BCUT2D eigenvalue weighted by Gasteiger charge is 2.23. The summed E-state index contributed by atoms with van der Waals surface area (Å²) in [6.07, 6.45) is 0. The number of aromatic nitrogens is 2. The molecule has 0 unspecified atom stereocenters. The van der Waals surface area contributed by atoms with Gasteiger partial charge in [0.25, 0.3) is 0 Å². The van der Waals surface area contributed by atoms with Crippen molar-refractivity contribution in [1.29, 1.82) is 10.5 Å². The first-order valence-electron chi connectivity index (χ1n) is 16.7. The zero-order chi connectivity index (χ0) is 33.9. The Morgan fingerprint density at radius 2 is 1.06 bits per heavy atom. The van der Waals surface area contributed by atoms with E-state index in [0.717, 1.165) is 61.0 Å². The molecule has 0 aliphatic heterocycles. The average molecular weight is 639 g/mol. The van der Waals surface area contributed by atoms with Crippen LogP contribution in [0.3, 0.4) is 0 Å². The molecule has 0 atom stereocenters. The van der Waals surface area contributed by atoms with Gasteiger partial charge in [0.05, 0.1) is 38.9 Å². The number of para-hydroxylation sites is 4. The Kier molecular flexibility index (Phi) is 6.66. The topological polar surface area (TPSA) is 57.4 Å². The fourth-order valence-electron chi connectivity index (χ4n) is 7.86. The minimum atomic E-state index is 0.372. The highest BCUT2D eigenvalue weighted by Crippen LogP contribution is 2.45. The standard InChI is InChI=1S/C46H30N4/c1-29-11-10-12-30(2)45(29)50-42-18-9-7-16-39(42)44-36(22-23-37(46(44)50)31-19-20-33(27-47)34(25-31)28-48)32-21-24-43-40(26-32)38-15-6-8-17-41(38)49(43)35-13-4-3-5-14-35/h3-26H,1-2H3. The van der Waals surface area contributed by atoms with Gasteiger partial charge in [0, 0.05) is 32.8 Å². The quantitative estimate of drug-likeness (QED) is 0.193. The maximum atomic E-state index is 9.97. The molecule has 50 heavy (non-hydrogen) atoms. The Labute approximate surface area is 289 Å². The molecule has 7 aromatic carbocycles. The van der Waals surface area contributed by atoms with Crippen LogP contribution in [0.15, 0.2) is 146 Å². The van der Waals surface area contributed by atoms with Crippen LogP contribution in [0.2, 0.25) is 0 Å². The SMILES string of the molecule is Cc1cccc(C)c1-n1c2ccccc2c2c(-c3ccc4c(c3)c3ccccc3n4-c3ccccc3)ccc(-c3ccc(C#N)c(C#N)c3)c21. The van der Waals surface area contributed by atoms with Crippen molar-refractivity contribution in [1.82, 2.24) is 9.13 Å². The molecule has 0 aliphatic rings. The predicted molar refractivity (Wildman–Crippen MR) is 205 cm³/mol. The average Bonchev–Trinajstić information content (AvgIpc) is 3.68. The number of nitriles is 2. The summed E-state index contributed by atoms with van der Waals surface area (Å²) in [4.78, 5) is 0. The van der Waals surface area contributed by atoms with Crippen LogP contribution in [-0.2, 0) is 0 Å². The molecule has 0 spiro atoms. The van der Waals surface area contributed by atoms with Gasteiger partial charge in [-0.3, -0.25) is 0 Å². The molecular formula is C46H30N4. The van der Waals surface area contributed by atoms with Gasteiger partial charge in [-0.05, 0) is 90.2 Å². The molecule has 0 bridgehead atoms. The number of hydrogen-bond acceptors (Lipinski definition) is 2. The smallest absolute Gasteiger partial charge is 0.101 e. The molecule has 0 N–H and O–H groups in total. The van der Waals surface area contributed by atoms with Gasteiger partial charge in [-0.25, -0.2) is 0 Å². The molecular weight excluding hydrogens is 609 g/mol. The first-order valence-corrected chi connectivity index (χ1v) is 16.7. The second-order valence-electron chi connectivity index (χ2n) is 12.9. The van der Waals surface area contributed by atoms with Crippen LogP contribution < -0.4 is 0 Å². The zero-order valence-corrected chi connectivity index (χ0v) is 27.6. The summed E-state index contributed by atoms with van der Waals surface area (Å²) < 4.78 is 4.75. The number of benzene rings is 7. The summed E-state index contributed by atoms with van der Waals surface area (Å²) in [7, 11) is 0. The molecule has 4 heteroatoms. The van der Waals surface area contributed by atoms with E-state index in [-0.39, 0.29) is 0 Å². The molecule has 2 aromatic heterocycles. The molecule has 2 heterocycles. The number of rotatable bonds is 4. The van der Waals surface area contributed by atoms with Gasteiger partial charge in [0.2, 0.25) is 0 Å². The van der Waals surface area contributed by atoms with E-state index in [1.165, 1.54) is 27.4 Å². The van der Waals surface area contributed by atoms with Crippen LogP contribution in [0.4, 0.5) is 0 Å². The minimum Gasteiger partial charge on any atom is -0.309 e. The molecule has 234 valence electrons. The summed E-state index contributed by atoms with van der Waals surface area (Å²) in [6, 6.07) is 55.5. The highest BCUT2D eigenvalue weighted by molar-refractivity contribution is 6.20. The number of nitrogens with zero attached hydrogens (tertiary/aromatic N) is 4. The van der Waals surface area contributed by atoms with E-state index in [1.54, 1.807) is 6.07 Å². The summed E-state index contributed by atoms with van der Waals surface area (Å²) in [5.41, 5.74) is 14.1. The number of fused-ring (bicyclic) bond motifs is 6. The second kappa shape index (κ2) is 11.4. The number of hydrogen-bond donors (Lipinski definition) is 0. The molecule has 0 radical (unpaired) electrons. The summed E-state index contributed by atoms with van der Waals surface area (Å²) in [6.45, 7) is 4.33. The van der Waals surface area contributed by atoms with E-state index in [0.29, 0.717) is 11.1 Å². The fraction of sp³-hybridized carbons (Fsp3) is 0.0435. The van der Waals surface area contributed by atoms with Gasteiger partial charge in [-0.2, -0.15) is 10.5 Å². The highest BCUT2D eigenvalue weighted by atomic mass is 15.0. The van der Waals surface area contributed by atoms with E-state index in [4.69, 9.17) is 0 Å². The van der Waals surface area contributed by atoms with Gasteiger partial charge >= 0.3 is 0 Å². The first kappa shape index (κ1) is 29.3. The van der Waals surface area contributed by atoms with E-state index >= 15 is 0 Å². The summed E-state index contributed by atoms with van der Waals surface area (Å²) in [5.74, 6) is 0. The third-order valence-corrected chi connectivity index (χ3v) is 10.0. The first-order chi connectivity index (χ1) is 24.6. The monoisotopic (exact) mass is 638 g/mol. The Morgan fingerprint density at radius 1 is 0.460 bits per heavy atom. The molecule has 4 nitrogen and oxygen atoms in total. The molecule has 0 aliphatic carbocycles. The van der Waals surface area contributed by atoms with Crippen molar-refractivity contribution in [2.75, 3.05) is 0 Å². The molecule has 0 amide bonds. The van der Waals surface area contributed by atoms with E-state index in [1.807, 2.05) is 12.1 Å². The number of aryl methyl sites for hydroxylation is 2. The third kappa shape index (κ3) is 4.30. The molecule has 9 rings (SSSR count). The Morgan fingerprint density at radius 3 is 1.80 bits per heavy atom. The minimum absolute atomic E-state index is 0.372. The van der Waals surface area contributed by atoms with Crippen LogP contribution in [-0.4, -0.2) is 9.13 Å². The summed E-state index contributed by atoms with van der Waals surface area (Å²) in [5, 5.41) is 24.4. The fourth-order valence-corrected chi connectivity index (χ4v) is 7.86. The van der Waals surface area contributed by atoms with E-state index in [2.05, 4.69) is 163 Å². The maximum Gasteiger partial charge on any atom is 0.101 e. The van der Waals surface area contributed by atoms with Crippen molar-refractivity contribution in [3.05, 3.63) is 168 Å². The second-order valence-corrected chi connectivity index (χ2v) is 12.9. The molecule has 9 aromatic rings. The Bertz CT molecular complexity index is 2890. The van der Waals surface area contributed by atoms with Crippen molar-refractivity contribution in [3.8, 4) is 45.8 Å². The predicted octanol–water partition coefficient (Wildman–Crippen LogP) is 11.6. The van der Waals surface area contributed by atoms with Crippen LogP contribution in [0.1, 0.15) is 22.3 Å². The third-order valence-electron chi connectivity index (χ3n) is 10.0. The lowest BCUT2D eigenvalue weighted by Crippen LogP contribution is -2.01. The maximum absolute atomic E-state index is 9.97. The summed E-state index contributed by atoms with van der Waals surface area (Å²) >= 11 is 0. The molecule has 0 saturated heterocycles. The van der Waals surface area contributed by atoms with Gasteiger partial charge in [0.1, 0.15) is 12.1 Å². The lowest BCUT2D eigenvalue weighted by molar-refractivity contribution is 1.12. The van der Waals surface area contributed by atoms with Gasteiger partial charge in [0.15, 0.2) is 0 Å². The van der Waals surface area contributed by atoms with Crippen LogP contribution in [0.25, 0.3) is 77.2 Å². The van der Waals surface area contributed by atoms with Crippen molar-refractivity contribution in [2.24, 2.45) is 0 Å². The van der Waals surface area contributed by atoms with Crippen molar-refractivity contribution >= 4 is 43.6 Å². The van der Waals surface area contributed by atoms with Crippen molar-refractivity contribution in [3.63, 3.8) is 0 Å². The molecule has 0 saturated carbocycles. The van der Waals surface area contributed by atoms with E-state index < -0.39 is 0 Å². The Hall–Kier alpha value is -6.88.